The zero-order valence-corrected chi connectivity index (χ0v) is 10.7. The summed E-state index contributed by atoms with van der Waals surface area (Å²) >= 11 is 0. The number of hydrogen-bond acceptors (Lipinski definition) is 4. The molecule has 20 heavy (non-hydrogen) atoms. The fourth-order valence-corrected chi connectivity index (χ4v) is 1.89. The minimum Gasteiger partial charge on any atom is -0.349 e. The average molecular weight is 267 g/mol. The Balaban J connectivity index is 1.61. The Hall–Kier alpha value is -2.76. The number of aromatic amines is 1. The lowest BCUT2D eigenvalue weighted by Crippen LogP contribution is -2.27. The Morgan fingerprint density at radius 1 is 1.20 bits per heavy atom. The van der Waals surface area contributed by atoms with E-state index in [2.05, 4.69) is 25.3 Å². The van der Waals surface area contributed by atoms with E-state index in [1.807, 2.05) is 30.3 Å². The van der Waals surface area contributed by atoms with Gasteiger partial charge in [-0.3, -0.25) is 4.79 Å². The van der Waals surface area contributed by atoms with Crippen LogP contribution in [-0.4, -0.2) is 32.4 Å². The van der Waals surface area contributed by atoms with Crippen molar-refractivity contribution in [3.8, 4) is 0 Å². The molecule has 0 aliphatic heterocycles. The average Bonchev–Trinajstić information content (AvgIpc) is 2.95. The number of fused-ring (bicyclic) bond motifs is 1. The summed E-state index contributed by atoms with van der Waals surface area (Å²) in [4.78, 5) is 26.9. The van der Waals surface area contributed by atoms with Gasteiger partial charge in [0.15, 0.2) is 5.65 Å². The van der Waals surface area contributed by atoms with Gasteiger partial charge < -0.3 is 10.3 Å². The normalized spacial score (nSPS) is 10.6. The molecule has 0 aliphatic rings. The molecule has 2 N–H and O–H groups in total. The van der Waals surface area contributed by atoms with Crippen molar-refractivity contribution in [2.75, 3.05) is 6.54 Å². The smallest absolute Gasteiger partial charge is 0.289 e. The van der Waals surface area contributed by atoms with Crippen LogP contribution in [0, 0.1) is 0 Å². The maximum absolute atomic E-state index is 11.9. The quantitative estimate of drug-likeness (QED) is 0.747. The molecule has 0 unspecified atom stereocenters. The summed E-state index contributed by atoms with van der Waals surface area (Å²) in [7, 11) is 0. The van der Waals surface area contributed by atoms with Crippen molar-refractivity contribution < 1.29 is 4.79 Å². The third-order valence-electron chi connectivity index (χ3n) is 2.92. The van der Waals surface area contributed by atoms with Gasteiger partial charge >= 0.3 is 0 Å². The van der Waals surface area contributed by atoms with Crippen LogP contribution < -0.4 is 5.32 Å². The van der Waals surface area contributed by atoms with Crippen LogP contribution in [0.5, 0.6) is 0 Å². The number of carbonyl (C=O) groups is 1. The fraction of sp³-hybridized carbons (Fsp3) is 0.143. The highest BCUT2D eigenvalue weighted by molar-refractivity contribution is 5.91. The third-order valence-corrected chi connectivity index (χ3v) is 2.92. The van der Waals surface area contributed by atoms with E-state index in [4.69, 9.17) is 0 Å². The monoisotopic (exact) mass is 267 g/mol. The van der Waals surface area contributed by atoms with Gasteiger partial charge in [-0.1, -0.05) is 30.3 Å². The largest absolute Gasteiger partial charge is 0.349 e. The summed E-state index contributed by atoms with van der Waals surface area (Å²) in [6.45, 7) is 0.546. The fourth-order valence-electron chi connectivity index (χ4n) is 1.89. The van der Waals surface area contributed by atoms with Gasteiger partial charge in [0, 0.05) is 6.54 Å². The lowest BCUT2D eigenvalue weighted by molar-refractivity contribution is 0.0944. The lowest BCUT2D eigenvalue weighted by Gasteiger charge is -2.04. The molecule has 100 valence electrons. The molecule has 0 radical (unpaired) electrons. The van der Waals surface area contributed by atoms with Gasteiger partial charge in [-0.15, -0.1) is 0 Å². The van der Waals surface area contributed by atoms with Crippen molar-refractivity contribution >= 4 is 17.1 Å². The molecule has 6 heteroatoms. The van der Waals surface area contributed by atoms with Crippen molar-refractivity contribution in [3.63, 3.8) is 0 Å². The van der Waals surface area contributed by atoms with E-state index in [-0.39, 0.29) is 11.7 Å². The summed E-state index contributed by atoms with van der Waals surface area (Å²) in [6, 6.07) is 9.98. The number of carbonyl (C=O) groups excluding carboxylic acids is 1. The van der Waals surface area contributed by atoms with Crippen LogP contribution in [0.25, 0.3) is 11.2 Å². The predicted octanol–water partition coefficient (Wildman–Crippen LogP) is 1.33. The first-order chi connectivity index (χ1) is 9.83. The van der Waals surface area contributed by atoms with Crippen LogP contribution >= 0.6 is 0 Å². The van der Waals surface area contributed by atoms with E-state index in [1.54, 1.807) is 6.20 Å². The molecule has 1 amide bonds. The Bertz CT molecular complexity index is 723. The van der Waals surface area contributed by atoms with E-state index < -0.39 is 0 Å². The van der Waals surface area contributed by atoms with Gasteiger partial charge in [0.2, 0.25) is 5.82 Å². The highest BCUT2D eigenvalue weighted by atomic mass is 16.2. The van der Waals surface area contributed by atoms with Crippen LogP contribution in [-0.2, 0) is 6.42 Å². The number of nitrogens with zero attached hydrogens (tertiary/aromatic N) is 3. The third kappa shape index (κ3) is 2.64. The molecule has 2 aromatic heterocycles. The number of hydrogen-bond donors (Lipinski definition) is 2. The van der Waals surface area contributed by atoms with Crippen LogP contribution in [0.15, 0.2) is 42.9 Å². The number of amides is 1. The molecule has 0 aliphatic carbocycles. The van der Waals surface area contributed by atoms with Gasteiger partial charge in [-0.05, 0) is 12.0 Å². The molecule has 0 saturated carbocycles. The lowest BCUT2D eigenvalue weighted by atomic mass is 10.1. The van der Waals surface area contributed by atoms with Gasteiger partial charge in [-0.2, -0.15) is 0 Å². The van der Waals surface area contributed by atoms with Gasteiger partial charge in [0.05, 0.1) is 12.5 Å². The minimum absolute atomic E-state index is 0.137. The van der Waals surface area contributed by atoms with Gasteiger partial charge in [-0.25, -0.2) is 15.0 Å². The number of imidazole rings is 1. The van der Waals surface area contributed by atoms with E-state index >= 15 is 0 Å². The van der Waals surface area contributed by atoms with Crippen molar-refractivity contribution in [2.45, 2.75) is 6.42 Å². The number of aromatic nitrogens is 4. The molecule has 3 rings (SSSR count). The van der Waals surface area contributed by atoms with E-state index in [0.717, 1.165) is 6.42 Å². The topological polar surface area (TPSA) is 83.6 Å². The molecule has 0 atom stereocenters. The highest BCUT2D eigenvalue weighted by Gasteiger charge is 2.10. The standard InChI is InChI=1S/C14H13N5O/c20-14(15-7-6-10-4-2-1-3-5-10)13-16-8-11-12(19-13)18-9-17-11/h1-5,8-9H,6-7H2,(H,15,20)(H,16,17,18,19). The Labute approximate surface area is 115 Å². The summed E-state index contributed by atoms with van der Waals surface area (Å²) in [5.41, 5.74) is 2.38. The summed E-state index contributed by atoms with van der Waals surface area (Å²) in [6.07, 6.45) is 3.86. The number of benzene rings is 1. The van der Waals surface area contributed by atoms with Crippen molar-refractivity contribution in [1.29, 1.82) is 0 Å². The van der Waals surface area contributed by atoms with E-state index in [9.17, 15) is 4.79 Å². The first kappa shape index (κ1) is 12.3. The molecule has 0 bridgehead atoms. The van der Waals surface area contributed by atoms with Gasteiger partial charge in [0.25, 0.3) is 5.91 Å². The Kier molecular flexibility index (Phi) is 3.36. The summed E-state index contributed by atoms with van der Waals surface area (Å²) in [5, 5.41) is 2.80. The zero-order valence-electron chi connectivity index (χ0n) is 10.7. The van der Waals surface area contributed by atoms with Crippen LogP contribution in [0.3, 0.4) is 0 Å². The number of rotatable bonds is 4. The number of H-pyrrole nitrogens is 1. The Morgan fingerprint density at radius 3 is 2.90 bits per heavy atom. The molecule has 0 spiro atoms. The first-order valence-electron chi connectivity index (χ1n) is 6.31. The second-order valence-electron chi connectivity index (χ2n) is 4.32. The maximum Gasteiger partial charge on any atom is 0.289 e. The van der Waals surface area contributed by atoms with E-state index in [0.29, 0.717) is 17.7 Å². The van der Waals surface area contributed by atoms with Crippen LogP contribution in [0.4, 0.5) is 0 Å². The molecule has 3 aromatic rings. The van der Waals surface area contributed by atoms with Crippen LogP contribution in [0.1, 0.15) is 16.2 Å². The molecular weight excluding hydrogens is 254 g/mol. The molecule has 6 nitrogen and oxygen atoms in total. The molecule has 0 fully saturated rings. The minimum atomic E-state index is -0.286. The second-order valence-corrected chi connectivity index (χ2v) is 4.32. The van der Waals surface area contributed by atoms with E-state index in [1.165, 1.54) is 11.9 Å². The highest BCUT2D eigenvalue weighted by Crippen LogP contribution is 2.04. The SMILES string of the molecule is O=C(NCCc1ccccc1)c1ncc2[nH]cnc2n1. The van der Waals surface area contributed by atoms with Crippen molar-refractivity contribution in [3.05, 3.63) is 54.2 Å². The van der Waals surface area contributed by atoms with Gasteiger partial charge in [0.1, 0.15) is 5.52 Å². The molecule has 1 aromatic carbocycles. The van der Waals surface area contributed by atoms with Crippen molar-refractivity contribution in [1.82, 2.24) is 25.3 Å². The molecule has 2 heterocycles. The molecule has 0 saturated heterocycles. The van der Waals surface area contributed by atoms with Crippen LogP contribution in [0.2, 0.25) is 0 Å². The maximum atomic E-state index is 11.9. The summed E-state index contributed by atoms with van der Waals surface area (Å²) < 4.78 is 0. The zero-order chi connectivity index (χ0) is 13.8. The van der Waals surface area contributed by atoms with Crippen molar-refractivity contribution in [2.24, 2.45) is 0 Å². The Morgan fingerprint density at radius 2 is 2.05 bits per heavy atom. The number of nitrogens with one attached hydrogen (secondary N) is 2. The molecular formula is C14H13N5O. The first-order valence-corrected chi connectivity index (χ1v) is 6.31. The summed E-state index contributed by atoms with van der Waals surface area (Å²) in [5.74, 6) is -0.150. The second kappa shape index (κ2) is 5.48. The predicted molar refractivity (Wildman–Crippen MR) is 74.2 cm³/mol.